The standard InChI is InChI=1S/C5H6O.C2H6N2O/c1-5-3-2-4-6-5;1-3-4-2-5/h2-4H,1H3;2-3H,1H3,(H,4,5). The van der Waals surface area contributed by atoms with Gasteiger partial charge in [0.25, 0.3) is 0 Å². The monoisotopic (exact) mass is 156 g/mol. The Hall–Kier alpha value is -1.29. The maximum absolute atomic E-state index is 9.23. The summed E-state index contributed by atoms with van der Waals surface area (Å²) in [5, 5.41) is 0. The molecule has 1 amide bonds. The molecule has 0 atom stereocenters. The van der Waals surface area contributed by atoms with E-state index in [1.54, 1.807) is 13.3 Å². The van der Waals surface area contributed by atoms with Gasteiger partial charge in [0, 0.05) is 7.05 Å². The van der Waals surface area contributed by atoms with Gasteiger partial charge in [-0.15, -0.1) is 0 Å². The fourth-order valence-corrected chi connectivity index (χ4v) is 0.420. The number of furan rings is 1. The quantitative estimate of drug-likeness (QED) is 0.483. The van der Waals surface area contributed by atoms with Gasteiger partial charge in [0.2, 0.25) is 6.41 Å². The zero-order valence-corrected chi connectivity index (χ0v) is 6.63. The number of hydrogen-bond acceptors (Lipinski definition) is 3. The lowest BCUT2D eigenvalue weighted by Gasteiger charge is -1.83. The summed E-state index contributed by atoms with van der Waals surface area (Å²) >= 11 is 0. The lowest BCUT2D eigenvalue weighted by molar-refractivity contribution is -0.110. The Bertz CT molecular complexity index is 173. The van der Waals surface area contributed by atoms with Crippen LogP contribution in [0.5, 0.6) is 0 Å². The van der Waals surface area contributed by atoms with Gasteiger partial charge >= 0.3 is 0 Å². The van der Waals surface area contributed by atoms with Crippen LogP contribution in [0, 0.1) is 6.92 Å². The SMILES string of the molecule is CNNC=O.Cc1ccco1. The molecule has 4 nitrogen and oxygen atoms in total. The molecule has 0 spiro atoms. The third-order valence-electron chi connectivity index (χ3n) is 0.867. The first-order valence-electron chi connectivity index (χ1n) is 3.17. The molecular weight excluding hydrogens is 144 g/mol. The van der Waals surface area contributed by atoms with Crippen molar-refractivity contribution in [2.75, 3.05) is 7.05 Å². The zero-order chi connectivity index (χ0) is 8.53. The lowest BCUT2D eigenvalue weighted by atomic mass is 10.5. The first kappa shape index (κ1) is 9.71. The maximum Gasteiger partial charge on any atom is 0.221 e. The Labute approximate surface area is 65.6 Å². The van der Waals surface area contributed by atoms with Crippen molar-refractivity contribution in [1.82, 2.24) is 10.9 Å². The van der Waals surface area contributed by atoms with Gasteiger partial charge in [-0.25, -0.2) is 5.43 Å². The minimum atomic E-state index is 0.569. The van der Waals surface area contributed by atoms with Crippen LogP contribution in [0.15, 0.2) is 22.8 Å². The van der Waals surface area contributed by atoms with E-state index in [1.807, 2.05) is 19.1 Å². The fourth-order valence-electron chi connectivity index (χ4n) is 0.420. The van der Waals surface area contributed by atoms with Crippen molar-refractivity contribution in [3.8, 4) is 0 Å². The predicted octanol–water partition coefficient (Wildman–Crippen LogP) is 0.455. The van der Waals surface area contributed by atoms with Crippen molar-refractivity contribution >= 4 is 6.41 Å². The number of hydrogen-bond donors (Lipinski definition) is 2. The third kappa shape index (κ3) is 6.60. The Kier molecular flexibility index (Phi) is 6.02. The number of carbonyl (C=O) groups is 1. The van der Waals surface area contributed by atoms with Crippen molar-refractivity contribution in [2.45, 2.75) is 6.92 Å². The van der Waals surface area contributed by atoms with Crippen LogP contribution in [0.3, 0.4) is 0 Å². The first-order chi connectivity index (χ1) is 5.31. The molecule has 62 valence electrons. The van der Waals surface area contributed by atoms with E-state index in [0.717, 1.165) is 5.76 Å². The van der Waals surface area contributed by atoms with Crippen LogP contribution >= 0.6 is 0 Å². The highest BCUT2D eigenvalue weighted by Gasteiger charge is 1.75. The van der Waals surface area contributed by atoms with E-state index >= 15 is 0 Å². The number of hydrazine groups is 1. The minimum absolute atomic E-state index is 0.569. The number of carbonyl (C=O) groups excluding carboxylic acids is 1. The van der Waals surface area contributed by atoms with Gasteiger partial charge in [-0.05, 0) is 19.1 Å². The molecule has 2 N–H and O–H groups in total. The second kappa shape index (κ2) is 6.82. The average molecular weight is 156 g/mol. The van der Waals surface area contributed by atoms with Crippen LogP contribution < -0.4 is 10.9 Å². The van der Waals surface area contributed by atoms with E-state index in [1.165, 1.54) is 0 Å². The van der Waals surface area contributed by atoms with Gasteiger partial charge in [-0.1, -0.05) is 0 Å². The molecule has 0 fully saturated rings. The van der Waals surface area contributed by atoms with Crippen molar-refractivity contribution in [1.29, 1.82) is 0 Å². The number of amides is 1. The van der Waals surface area contributed by atoms with Crippen LogP contribution in [0.25, 0.3) is 0 Å². The van der Waals surface area contributed by atoms with Crippen LogP contribution in [-0.2, 0) is 4.79 Å². The summed E-state index contributed by atoms with van der Waals surface area (Å²) in [7, 11) is 1.62. The topological polar surface area (TPSA) is 54.3 Å². The number of nitrogens with one attached hydrogen (secondary N) is 2. The molecule has 0 saturated heterocycles. The third-order valence-corrected chi connectivity index (χ3v) is 0.867. The summed E-state index contributed by atoms with van der Waals surface area (Å²) < 4.78 is 4.83. The van der Waals surface area contributed by atoms with Gasteiger partial charge < -0.3 is 4.42 Å². The van der Waals surface area contributed by atoms with E-state index in [0.29, 0.717) is 6.41 Å². The van der Waals surface area contributed by atoms with Gasteiger partial charge in [-0.3, -0.25) is 10.2 Å². The summed E-state index contributed by atoms with van der Waals surface area (Å²) in [5.41, 5.74) is 4.58. The summed E-state index contributed by atoms with van der Waals surface area (Å²) in [5.74, 6) is 0.968. The first-order valence-corrected chi connectivity index (χ1v) is 3.17. The van der Waals surface area contributed by atoms with Crippen molar-refractivity contribution < 1.29 is 9.21 Å². The summed E-state index contributed by atoms with van der Waals surface area (Å²) in [6.07, 6.45) is 2.23. The van der Waals surface area contributed by atoms with Crippen LogP contribution in [0.1, 0.15) is 5.76 Å². The molecular formula is C7H12N2O2. The minimum Gasteiger partial charge on any atom is -0.470 e. The van der Waals surface area contributed by atoms with E-state index < -0.39 is 0 Å². The highest BCUT2D eigenvalue weighted by Crippen LogP contribution is 1.93. The second-order valence-corrected chi connectivity index (χ2v) is 1.74. The maximum atomic E-state index is 9.23. The summed E-state index contributed by atoms with van der Waals surface area (Å²) in [4.78, 5) is 9.23. The van der Waals surface area contributed by atoms with E-state index in [4.69, 9.17) is 4.42 Å². The summed E-state index contributed by atoms with van der Waals surface area (Å²) in [6.45, 7) is 1.92. The fraction of sp³-hybridized carbons (Fsp3) is 0.286. The summed E-state index contributed by atoms with van der Waals surface area (Å²) in [6, 6.07) is 3.79. The molecule has 0 bridgehead atoms. The molecule has 1 aromatic rings. The zero-order valence-electron chi connectivity index (χ0n) is 6.63. The Morgan fingerprint density at radius 2 is 2.36 bits per heavy atom. The number of aryl methyl sites for hydroxylation is 1. The highest BCUT2D eigenvalue weighted by molar-refractivity contribution is 5.44. The molecule has 1 aromatic heterocycles. The Morgan fingerprint density at radius 1 is 1.64 bits per heavy atom. The van der Waals surface area contributed by atoms with E-state index in [-0.39, 0.29) is 0 Å². The van der Waals surface area contributed by atoms with Crippen molar-refractivity contribution in [2.24, 2.45) is 0 Å². The molecule has 0 aliphatic carbocycles. The normalized spacial score (nSPS) is 7.82. The van der Waals surface area contributed by atoms with Gasteiger partial charge in [0.15, 0.2) is 0 Å². The van der Waals surface area contributed by atoms with Crippen LogP contribution in [-0.4, -0.2) is 13.5 Å². The molecule has 4 heteroatoms. The Balaban J connectivity index is 0.000000187. The predicted molar refractivity (Wildman–Crippen MR) is 41.7 cm³/mol. The van der Waals surface area contributed by atoms with E-state index in [2.05, 4.69) is 10.9 Å². The van der Waals surface area contributed by atoms with Crippen LogP contribution in [0.2, 0.25) is 0 Å². The molecule has 0 aliphatic rings. The van der Waals surface area contributed by atoms with E-state index in [9.17, 15) is 4.79 Å². The van der Waals surface area contributed by atoms with Gasteiger partial charge in [0.1, 0.15) is 5.76 Å². The lowest BCUT2D eigenvalue weighted by Crippen LogP contribution is -2.24. The smallest absolute Gasteiger partial charge is 0.221 e. The van der Waals surface area contributed by atoms with Crippen molar-refractivity contribution in [3.63, 3.8) is 0 Å². The van der Waals surface area contributed by atoms with Gasteiger partial charge in [0.05, 0.1) is 6.26 Å². The molecule has 0 aliphatic heterocycles. The molecule has 0 saturated carbocycles. The van der Waals surface area contributed by atoms with Gasteiger partial charge in [-0.2, -0.15) is 0 Å². The largest absolute Gasteiger partial charge is 0.470 e. The molecule has 11 heavy (non-hydrogen) atoms. The molecule has 0 radical (unpaired) electrons. The highest BCUT2D eigenvalue weighted by atomic mass is 16.3. The van der Waals surface area contributed by atoms with Crippen molar-refractivity contribution in [3.05, 3.63) is 24.2 Å². The van der Waals surface area contributed by atoms with Crippen LogP contribution in [0.4, 0.5) is 0 Å². The molecule has 1 heterocycles. The molecule has 0 unspecified atom stereocenters. The second-order valence-electron chi connectivity index (χ2n) is 1.74. The number of rotatable bonds is 2. The average Bonchev–Trinajstić information content (AvgIpc) is 2.43. The molecule has 0 aromatic carbocycles. The Morgan fingerprint density at radius 3 is 2.45 bits per heavy atom. The molecule has 1 rings (SSSR count).